The molecule has 1 amide bonds. The van der Waals surface area contributed by atoms with Gasteiger partial charge in [-0.3, -0.25) is 24.7 Å². The molecule has 0 aromatic heterocycles. The first-order valence-corrected chi connectivity index (χ1v) is 10.1. The Morgan fingerprint density at radius 3 is 2.47 bits per heavy atom. The zero-order valence-electron chi connectivity index (χ0n) is 16.8. The van der Waals surface area contributed by atoms with E-state index in [1.54, 1.807) is 19.1 Å². The molecule has 0 saturated carbocycles. The van der Waals surface area contributed by atoms with Crippen molar-refractivity contribution in [3.8, 4) is 0 Å². The van der Waals surface area contributed by atoms with Crippen molar-refractivity contribution in [3.63, 3.8) is 0 Å². The van der Waals surface area contributed by atoms with Crippen molar-refractivity contribution in [1.29, 1.82) is 0 Å². The molecule has 0 atom stereocenters. The number of hydrogen-bond acceptors (Lipinski definition) is 6. The summed E-state index contributed by atoms with van der Waals surface area (Å²) in [5.74, 6) is -0.203. The molecular weight excluding hydrogens is 406 g/mol. The molecule has 30 heavy (non-hydrogen) atoms. The Morgan fingerprint density at radius 2 is 1.80 bits per heavy atom. The summed E-state index contributed by atoms with van der Waals surface area (Å²) in [6.07, 6.45) is 0. The molecule has 0 aliphatic carbocycles. The van der Waals surface area contributed by atoms with Crippen LogP contribution in [0.1, 0.15) is 18.1 Å². The first-order valence-electron chi connectivity index (χ1n) is 9.68. The van der Waals surface area contributed by atoms with Crippen LogP contribution in [-0.2, 0) is 11.3 Å². The van der Waals surface area contributed by atoms with Crippen LogP contribution in [-0.4, -0.2) is 59.1 Å². The molecule has 1 fully saturated rings. The van der Waals surface area contributed by atoms with E-state index in [0.717, 1.165) is 37.7 Å². The molecule has 1 aliphatic rings. The van der Waals surface area contributed by atoms with E-state index in [0.29, 0.717) is 11.3 Å². The summed E-state index contributed by atoms with van der Waals surface area (Å²) in [5, 5.41) is 15.7. The minimum absolute atomic E-state index is 0.00940. The Kier molecular flexibility index (Phi) is 7.51. The van der Waals surface area contributed by atoms with Gasteiger partial charge in [0.25, 0.3) is 11.6 Å². The van der Waals surface area contributed by atoms with Crippen LogP contribution in [0.2, 0.25) is 5.02 Å². The van der Waals surface area contributed by atoms with E-state index < -0.39 is 4.92 Å². The molecule has 9 heteroatoms. The average Bonchev–Trinajstić information content (AvgIpc) is 2.75. The van der Waals surface area contributed by atoms with Crippen LogP contribution in [0.4, 0.5) is 5.69 Å². The summed E-state index contributed by atoms with van der Waals surface area (Å²) in [5.41, 5.74) is 4.87. The van der Waals surface area contributed by atoms with Crippen LogP contribution in [0, 0.1) is 10.1 Å². The number of hydrogen-bond donors (Lipinski definition) is 1. The van der Waals surface area contributed by atoms with Crippen LogP contribution >= 0.6 is 11.6 Å². The smallest absolute Gasteiger partial charge is 0.270 e. The summed E-state index contributed by atoms with van der Waals surface area (Å²) in [6.45, 7) is 6.19. The van der Waals surface area contributed by atoms with Crippen LogP contribution in [0.5, 0.6) is 0 Å². The summed E-state index contributed by atoms with van der Waals surface area (Å²) >= 11 is 5.93. The maximum Gasteiger partial charge on any atom is 0.270 e. The van der Waals surface area contributed by atoms with E-state index in [2.05, 4.69) is 20.3 Å². The maximum absolute atomic E-state index is 12.2. The molecule has 2 aromatic carbocycles. The van der Waals surface area contributed by atoms with E-state index in [4.69, 9.17) is 11.6 Å². The number of nitro groups is 1. The van der Waals surface area contributed by atoms with Crippen molar-refractivity contribution in [2.45, 2.75) is 13.5 Å². The summed E-state index contributed by atoms with van der Waals surface area (Å²) in [7, 11) is 0. The fourth-order valence-corrected chi connectivity index (χ4v) is 3.37. The van der Waals surface area contributed by atoms with Gasteiger partial charge >= 0.3 is 0 Å². The highest BCUT2D eigenvalue weighted by molar-refractivity contribution is 6.30. The van der Waals surface area contributed by atoms with Crippen LogP contribution in [0.3, 0.4) is 0 Å². The second kappa shape index (κ2) is 10.3. The number of amides is 1. The van der Waals surface area contributed by atoms with E-state index in [-0.39, 0.29) is 18.1 Å². The number of benzene rings is 2. The molecule has 1 N–H and O–H groups in total. The Bertz CT molecular complexity index is 924. The third kappa shape index (κ3) is 6.35. The molecule has 3 rings (SSSR count). The van der Waals surface area contributed by atoms with Crippen LogP contribution < -0.4 is 5.43 Å². The third-order valence-electron chi connectivity index (χ3n) is 4.97. The van der Waals surface area contributed by atoms with Gasteiger partial charge in [-0.05, 0) is 24.6 Å². The molecule has 158 valence electrons. The third-order valence-corrected chi connectivity index (χ3v) is 5.23. The lowest BCUT2D eigenvalue weighted by Crippen LogP contribution is -2.48. The minimum Gasteiger partial charge on any atom is -0.297 e. The summed E-state index contributed by atoms with van der Waals surface area (Å²) in [4.78, 5) is 27.1. The highest BCUT2D eigenvalue weighted by Crippen LogP contribution is 2.14. The van der Waals surface area contributed by atoms with Crippen molar-refractivity contribution in [1.82, 2.24) is 15.2 Å². The van der Waals surface area contributed by atoms with Gasteiger partial charge in [0.15, 0.2) is 0 Å². The Hall–Kier alpha value is -2.81. The molecule has 2 aromatic rings. The molecule has 0 unspecified atom stereocenters. The number of hydrazone groups is 1. The number of nitrogens with one attached hydrogen (secondary N) is 1. The molecule has 8 nitrogen and oxygen atoms in total. The fourth-order valence-electron chi connectivity index (χ4n) is 3.25. The van der Waals surface area contributed by atoms with E-state index >= 15 is 0 Å². The lowest BCUT2D eigenvalue weighted by atomic mass is 10.1. The standard InChI is InChI=1S/C21H24ClN5O3/c1-16(18-3-2-4-20(13-18)27(29)30)23-24-21(28)15-26-11-9-25(10-12-26)14-17-5-7-19(22)8-6-17/h2-8,13H,9-12,14-15H2,1H3,(H,24,28)/b23-16+. The Morgan fingerprint density at radius 1 is 1.13 bits per heavy atom. The number of nitrogens with zero attached hydrogens (tertiary/aromatic N) is 4. The van der Waals surface area contributed by atoms with Crippen molar-refractivity contribution in [2.75, 3.05) is 32.7 Å². The summed E-state index contributed by atoms with van der Waals surface area (Å²) < 4.78 is 0. The molecule has 1 saturated heterocycles. The molecule has 0 bridgehead atoms. The van der Waals surface area contributed by atoms with Gasteiger partial charge in [-0.15, -0.1) is 0 Å². The number of carbonyl (C=O) groups excluding carboxylic acids is 1. The second-order valence-corrected chi connectivity index (χ2v) is 7.65. The molecule has 1 aliphatic heterocycles. The summed E-state index contributed by atoms with van der Waals surface area (Å²) in [6, 6.07) is 14.0. The molecule has 0 radical (unpaired) electrons. The molecule has 1 heterocycles. The van der Waals surface area contributed by atoms with Gasteiger partial charge in [-0.1, -0.05) is 35.9 Å². The highest BCUT2D eigenvalue weighted by atomic mass is 35.5. The first-order chi connectivity index (χ1) is 14.4. The van der Waals surface area contributed by atoms with Gasteiger partial charge in [0, 0.05) is 55.4 Å². The fraction of sp³-hybridized carbons (Fsp3) is 0.333. The zero-order chi connectivity index (χ0) is 21.5. The SMILES string of the molecule is C/C(=N\NC(=O)CN1CCN(Cc2ccc(Cl)cc2)CC1)c1cccc([N+](=O)[O-])c1. The number of piperazine rings is 1. The average molecular weight is 430 g/mol. The maximum atomic E-state index is 12.2. The van der Waals surface area contributed by atoms with Crippen molar-refractivity contribution in [3.05, 3.63) is 74.8 Å². The predicted octanol–water partition coefficient (Wildman–Crippen LogP) is 2.91. The van der Waals surface area contributed by atoms with Crippen molar-refractivity contribution in [2.24, 2.45) is 5.10 Å². The topological polar surface area (TPSA) is 91.1 Å². The van der Waals surface area contributed by atoms with Crippen LogP contribution in [0.25, 0.3) is 0 Å². The van der Waals surface area contributed by atoms with Crippen molar-refractivity contribution >= 4 is 28.9 Å². The zero-order valence-corrected chi connectivity index (χ0v) is 17.5. The van der Waals surface area contributed by atoms with E-state index in [1.165, 1.54) is 17.7 Å². The van der Waals surface area contributed by atoms with Crippen LogP contribution in [0.15, 0.2) is 53.6 Å². The number of rotatable bonds is 7. The number of nitro benzene ring substituents is 1. The predicted molar refractivity (Wildman–Crippen MR) is 117 cm³/mol. The number of non-ortho nitro benzene ring substituents is 1. The first kappa shape index (κ1) is 21.9. The minimum atomic E-state index is -0.456. The molecular formula is C21H24ClN5O3. The Labute approximate surface area is 180 Å². The quantitative estimate of drug-likeness (QED) is 0.415. The lowest BCUT2D eigenvalue weighted by molar-refractivity contribution is -0.384. The van der Waals surface area contributed by atoms with Crippen molar-refractivity contribution < 1.29 is 9.72 Å². The number of halogens is 1. The van der Waals surface area contributed by atoms with Gasteiger partial charge in [-0.2, -0.15) is 5.10 Å². The lowest BCUT2D eigenvalue weighted by Gasteiger charge is -2.34. The number of carbonyl (C=O) groups is 1. The van der Waals surface area contributed by atoms with E-state index in [9.17, 15) is 14.9 Å². The van der Waals surface area contributed by atoms with Gasteiger partial charge in [0.2, 0.25) is 0 Å². The van der Waals surface area contributed by atoms with Gasteiger partial charge < -0.3 is 0 Å². The highest BCUT2D eigenvalue weighted by Gasteiger charge is 2.19. The van der Waals surface area contributed by atoms with Gasteiger partial charge in [0.1, 0.15) is 0 Å². The second-order valence-electron chi connectivity index (χ2n) is 7.22. The molecule has 0 spiro atoms. The Balaban J connectivity index is 1.44. The van der Waals surface area contributed by atoms with E-state index in [1.807, 2.05) is 24.3 Å². The normalized spacial score (nSPS) is 15.7. The van der Waals surface area contributed by atoms with Gasteiger partial charge in [-0.25, -0.2) is 5.43 Å². The largest absolute Gasteiger partial charge is 0.297 e. The monoisotopic (exact) mass is 429 g/mol. The van der Waals surface area contributed by atoms with Gasteiger partial charge in [0.05, 0.1) is 17.2 Å².